The van der Waals surface area contributed by atoms with Crippen molar-refractivity contribution in [3.05, 3.63) is 140 Å². The third kappa shape index (κ3) is 3.44. The molecule has 0 N–H and O–H groups in total. The van der Waals surface area contributed by atoms with E-state index >= 15 is 0 Å². The first-order valence-corrected chi connectivity index (χ1v) is 14.2. The molecule has 3 heterocycles. The lowest BCUT2D eigenvalue weighted by molar-refractivity contribution is 1.32. The van der Waals surface area contributed by atoms with Gasteiger partial charge >= 0.3 is 0 Å². The van der Waals surface area contributed by atoms with Crippen molar-refractivity contribution in [1.29, 1.82) is 0 Å². The van der Waals surface area contributed by atoms with Crippen LogP contribution in [0.25, 0.3) is 88.6 Å². The van der Waals surface area contributed by atoms with E-state index in [1.807, 2.05) is 24.4 Å². The zero-order chi connectivity index (χ0) is 27.6. The Morgan fingerprint density at radius 1 is 0.357 bits per heavy atom. The Morgan fingerprint density at radius 2 is 0.929 bits per heavy atom. The van der Waals surface area contributed by atoms with Crippen molar-refractivity contribution in [3.63, 3.8) is 0 Å². The van der Waals surface area contributed by atoms with Crippen molar-refractivity contribution in [1.82, 2.24) is 15.0 Å². The largest absolute Gasteiger partial charge is 0.256 e. The molecule has 42 heavy (non-hydrogen) atoms. The minimum Gasteiger partial charge on any atom is -0.256 e. The maximum atomic E-state index is 5.27. The molecule has 194 valence electrons. The molecule has 9 rings (SSSR count). The van der Waals surface area contributed by atoms with Crippen LogP contribution in [-0.4, -0.2) is 15.0 Å². The minimum absolute atomic E-state index is 0.916. The van der Waals surface area contributed by atoms with Gasteiger partial charge in [-0.05, 0) is 57.3 Å². The summed E-state index contributed by atoms with van der Waals surface area (Å²) in [6.45, 7) is 0. The van der Waals surface area contributed by atoms with Gasteiger partial charge in [0.15, 0.2) is 0 Å². The van der Waals surface area contributed by atoms with Crippen LogP contribution in [0.5, 0.6) is 0 Å². The van der Waals surface area contributed by atoms with E-state index in [1.54, 1.807) is 0 Å². The molecule has 5 aromatic carbocycles. The number of rotatable bonds is 3. The van der Waals surface area contributed by atoms with E-state index < -0.39 is 0 Å². The Bertz CT molecular complexity index is 2310. The van der Waals surface area contributed by atoms with Crippen molar-refractivity contribution in [3.8, 4) is 56.0 Å². The molecule has 1 aliphatic rings. The predicted molar refractivity (Wildman–Crippen MR) is 173 cm³/mol. The number of pyridine rings is 3. The van der Waals surface area contributed by atoms with E-state index in [0.717, 1.165) is 55.6 Å². The molecule has 0 unspecified atom stereocenters. The van der Waals surface area contributed by atoms with Gasteiger partial charge in [-0.25, -0.2) is 9.97 Å². The summed E-state index contributed by atoms with van der Waals surface area (Å²) in [6.07, 6.45) is 1.82. The molecule has 0 aliphatic heterocycles. The van der Waals surface area contributed by atoms with E-state index in [0.29, 0.717) is 0 Å². The number of fused-ring (bicyclic) bond motifs is 6. The van der Waals surface area contributed by atoms with Crippen LogP contribution >= 0.6 is 0 Å². The molecular weight excluding hydrogens is 510 g/mol. The molecule has 0 radical (unpaired) electrons. The van der Waals surface area contributed by atoms with Crippen LogP contribution in [0.1, 0.15) is 0 Å². The normalized spacial score (nSPS) is 11.8. The molecule has 0 fully saturated rings. The van der Waals surface area contributed by atoms with Gasteiger partial charge in [0.25, 0.3) is 0 Å². The van der Waals surface area contributed by atoms with E-state index in [2.05, 4.69) is 120 Å². The van der Waals surface area contributed by atoms with Crippen molar-refractivity contribution < 1.29 is 0 Å². The van der Waals surface area contributed by atoms with Crippen LogP contribution in [0.2, 0.25) is 0 Å². The highest BCUT2D eigenvalue weighted by molar-refractivity contribution is 6.18. The van der Waals surface area contributed by atoms with E-state index in [9.17, 15) is 0 Å². The van der Waals surface area contributed by atoms with Crippen LogP contribution in [0.4, 0.5) is 0 Å². The molecule has 3 nitrogen and oxygen atoms in total. The highest BCUT2D eigenvalue weighted by Gasteiger charge is 2.22. The Labute approximate surface area is 242 Å². The summed E-state index contributed by atoms with van der Waals surface area (Å²) in [7, 11) is 0. The topological polar surface area (TPSA) is 38.7 Å². The van der Waals surface area contributed by atoms with Gasteiger partial charge in [0.05, 0.1) is 28.1 Å². The van der Waals surface area contributed by atoms with E-state index in [-0.39, 0.29) is 0 Å². The fourth-order valence-electron chi connectivity index (χ4n) is 6.46. The van der Waals surface area contributed by atoms with Gasteiger partial charge in [-0.3, -0.25) is 4.98 Å². The molecule has 3 aromatic heterocycles. The third-order valence-corrected chi connectivity index (χ3v) is 8.48. The summed E-state index contributed by atoms with van der Waals surface area (Å²) in [5.41, 5.74) is 13.2. The van der Waals surface area contributed by atoms with Crippen LogP contribution in [-0.2, 0) is 0 Å². The quantitative estimate of drug-likeness (QED) is 0.212. The lowest BCUT2D eigenvalue weighted by Gasteiger charge is -2.11. The molecular formula is C39H23N3. The summed E-state index contributed by atoms with van der Waals surface area (Å²) in [5.74, 6) is 0. The van der Waals surface area contributed by atoms with Gasteiger partial charge in [-0.15, -0.1) is 0 Å². The van der Waals surface area contributed by atoms with Crippen LogP contribution in [0, 0.1) is 0 Å². The van der Waals surface area contributed by atoms with Gasteiger partial charge in [-0.1, -0.05) is 109 Å². The molecule has 0 saturated carbocycles. The third-order valence-electron chi connectivity index (χ3n) is 8.48. The van der Waals surface area contributed by atoms with Crippen molar-refractivity contribution in [2.75, 3.05) is 0 Å². The van der Waals surface area contributed by atoms with Gasteiger partial charge in [0.2, 0.25) is 0 Å². The SMILES string of the molecule is c1ccc(-c2ccc(-c3ccc4ccc5ccc(-c6ccc7c8c(cccc68)-c6ccccc6-7)nc5c4n3)cc2)nc1. The highest BCUT2D eigenvalue weighted by Crippen LogP contribution is 2.49. The van der Waals surface area contributed by atoms with E-state index in [4.69, 9.17) is 9.97 Å². The first-order valence-electron chi connectivity index (χ1n) is 14.2. The van der Waals surface area contributed by atoms with Crippen molar-refractivity contribution in [2.45, 2.75) is 0 Å². The molecule has 0 spiro atoms. The van der Waals surface area contributed by atoms with Gasteiger partial charge in [0, 0.05) is 33.7 Å². The molecule has 8 aromatic rings. The Balaban J connectivity index is 1.19. The minimum atomic E-state index is 0.916. The Hall–Kier alpha value is -5.67. The van der Waals surface area contributed by atoms with Gasteiger partial charge < -0.3 is 0 Å². The lowest BCUT2D eigenvalue weighted by Crippen LogP contribution is -1.92. The maximum absolute atomic E-state index is 5.27. The van der Waals surface area contributed by atoms with Crippen molar-refractivity contribution in [2.24, 2.45) is 0 Å². The number of benzene rings is 5. The number of aromatic nitrogens is 3. The maximum Gasteiger partial charge on any atom is 0.0972 e. The molecule has 0 bridgehead atoms. The number of hydrogen-bond donors (Lipinski definition) is 0. The molecule has 0 amide bonds. The highest BCUT2D eigenvalue weighted by atomic mass is 14.8. The zero-order valence-electron chi connectivity index (χ0n) is 22.6. The second-order valence-electron chi connectivity index (χ2n) is 10.8. The average molecular weight is 534 g/mol. The lowest BCUT2D eigenvalue weighted by atomic mass is 9.96. The Kier molecular flexibility index (Phi) is 4.90. The average Bonchev–Trinajstić information content (AvgIpc) is 3.40. The summed E-state index contributed by atoms with van der Waals surface area (Å²) in [6, 6.07) is 47.0. The van der Waals surface area contributed by atoms with Crippen LogP contribution in [0.15, 0.2) is 140 Å². The summed E-state index contributed by atoms with van der Waals surface area (Å²) in [5, 5.41) is 4.71. The summed E-state index contributed by atoms with van der Waals surface area (Å²) in [4.78, 5) is 14.9. The number of hydrogen-bond acceptors (Lipinski definition) is 3. The van der Waals surface area contributed by atoms with E-state index in [1.165, 1.54) is 33.0 Å². The fourth-order valence-corrected chi connectivity index (χ4v) is 6.46. The van der Waals surface area contributed by atoms with Crippen molar-refractivity contribution >= 4 is 32.6 Å². The first-order chi connectivity index (χ1) is 20.8. The zero-order valence-corrected chi connectivity index (χ0v) is 22.6. The first kappa shape index (κ1) is 23.1. The van der Waals surface area contributed by atoms with Gasteiger partial charge in [0.1, 0.15) is 0 Å². The molecule has 0 atom stereocenters. The summed E-state index contributed by atoms with van der Waals surface area (Å²) < 4.78 is 0. The van der Waals surface area contributed by atoms with Crippen LogP contribution in [0.3, 0.4) is 0 Å². The Morgan fingerprint density at radius 3 is 1.64 bits per heavy atom. The monoisotopic (exact) mass is 533 g/mol. The number of nitrogens with zero attached hydrogens (tertiary/aromatic N) is 3. The molecule has 0 saturated heterocycles. The fraction of sp³-hybridized carbons (Fsp3) is 0. The second-order valence-corrected chi connectivity index (χ2v) is 10.8. The molecule has 1 aliphatic carbocycles. The molecule has 3 heteroatoms. The second kappa shape index (κ2) is 8.92. The van der Waals surface area contributed by atoms with Crippen LogP contribution < -0.4 is 0 Å². The summed E-state index contributed by atoms with van der Waals surface area (Å²) >= 11 is 0. The standard InChI is InChI=1S/C39H23N3/c1-2-7-29-28(6-1)31-8-5-9-32-30(19-20-33(29)37(31)32)36-22-18-27-16-15-26-17-21-35(41-38(26)39(27)42-36)25-13-11-24(12-14-25)34-10-3-4-23-40-34/h1-23H. The van der Waals surface area contributed by atoms with Gasteiger partial charge in [-0.2, -0.15) is 0 Å². The smallest absolute Gasteiger partial charge is 0.0972 e. The predicted octanol–water partition coefficient (Wildman–Crippen LogP) is 9.98.